The van der Waals surface area contributed by atoms with Crippen molar-refractivity contribution < 1.29 is 17.2 Å². The van der Waals surface area contributed by atoms with Crippen LogP contribution in [0.5, 0.6) is 0 Å². The lowest BCUT2D eigenvalue weighted by atomic mass is 10.1. The van der Waals surface area contributed by atoms with E-state index in [1.165, 1.54) is 4.31 Å². The molecule has 1 aromatic carbocycles. The largest absolute Gasteiger partial charge is 0.246 e. The Morgan fingerprint density at radius 3 is 2.74 bits per heavy atom. The van der Waals surface area contributed by atoms with E-state index in [-0.39, 0.29) is 24.4 Å². The number of benzene rings is 1. The van der Waals surface area contributed by atoms with Crippen LogP contribution in [0.25, 0.3) is 0 Å². The molecule has 1 aromatic rings. The lowest BCUT2D eigenvalue weighted by Gasteiger charge is -2.24. The quantitative estimate of drug-likeness (QED) is 0.805. The van der Waals surface area contributed by atoms with E-state index >= 15 is 0 Å². The zero-order valence-corrected chi connectivity index (χ0v) is 11.9. The first-order valence-corrected chi connectivity index (χ1v) is 7.88. The van der Waals surface area contributed by atoms with Crippen LogP contribution in [0.1, 0.15) is 13.3 Å². The van der Waals surface area contributed by atoms with Crippen LogP contribution in [-0.4, -0.2) is 31.2 Å². The molecule has 1 saturated heterocycles. The molecule has 106 valence electrons. The molecule has 0 aliphatic carbocycles. The highest BCUT2D eigenvalue weighted by Gasteiger charge is 2.40. The second-order valence-corrected chi connectivity index (χ2v) is 6.85. The van der Waals surface area contributed by atoms with Crippen LogP contribution >= 0.6 is 11.6 Å². The van der Waals surface area contributed by atoms with E-state index in [1.54, 1.807) is 0 Å². The van der Waals surface area contributed by atoms with Crippen LogP contribution in [0.2, 0.25) is 0 Å². The van der Waals surface area contributed by atoms with Crippen LogP contribution in [0.4, 0.5) is 8.78 Å². The maximum atomic E-state index is 13.6. The molecule has 1 aliphatic rings. The Morgan fingerprint density at radius 2 is 2.11 bits per heavy atom. The fourth-order valence-corrected chi connectivity index (χ4v) is 4.67. The molecule has 1 fully saturated rings. The van der Waals surface area contributed by atoms with Gasteiger partial charge in [-0.25, -0.2) is 17.2 Å². The molecule has 2 rings (SSSR count). The summed E-state index contributed by atoms with van der Waals surface area (Å²) >= 11 is 5.79. The molecule has 7 heteroatoms. The first-order valence-electron chi connectivity index (χ1n) is 5.90. The molecule has 2 unspecified atom stereocenters. The minimum absolute atomic E-state index is 0.101. The predicted molar refractivity (Wildman–Crippen MR) is 68.5 cm³/mol. The van der Waals surface area contributed by atoms with Gasteiger partial charge in [-0.1, -0.05) is 6.92 Å². The molecule has 0 N–H and O–H groups in total. The Kier molecular flexibility index (Phi) is 4.13. The van der Waals surface area contributed by atoms with Crippen molar-refractivity contribution in [3.63, 3.8) is 0 Å². The number of sulfonamides is 1. The zero-order valence-electron chi connectivity index (χ0n) is 10.3. The Bertz CT molecular complexity index is 579. The van der Waals surface area contributed by atoms with Crippen molar-refractivity contribution in [3.8, 4) is 0 Å². The van der Waals surface area contributed by atoms with Crippen LogP contribution in [0.3, 0.4) is 0 Å². The van der Waals surface area contributed by atoms with Crippen molar-refractivity contribution in [3.05, 3.63) is 29.8 Å². The standard InChI is InChI=1S/C12H14ClF2NO2S/c1-8-4-5-16(11(8)7-13)19(17,18)12-6-9(14)2-3-10(12)15/h2-3,6,8,11H,4-5,7H2,1H3. The van der Waals surface area contributed by atoms with Crippen molar-refractivity contribution in [2.45, 2.75) is 24.3 Å². The minimum atomic E-state index is -4.05. The molecule has 1 heterocycles. The maximum Gasteiger partial charge on any atom is 0.246 e. The number of alkyl halides is 1. The number of hydrogen-bond donors (Lipinski definition) is 0. The third kappa shape index (κ3) is 2.61. The van der Waals surface area contributed by atoms with Gasteiger partial charge in [-0.3, -0.25) is 0 Å². The van der Waals surface area contributed by atoms with Gasteiger partial charge in [-0.05, 0) is 30.5 Å². The summed E-state index contributed by atoms with van der Waals surface area (Å²) in [5.41, 5.74) is 0. The molecular weight excluding hydrogens is 296 g/mol. The van der Waals surface area contributed by atoms with Crippen LogP contribution < -0.4 is 0 Å². The highest BCUT2D eigenvalue weighted by molar-refractivity contribution is 7.89. The molecular formula is C12H14ClF2NO2S. The molecule has 19 heavy (non-hydrogen) atoms. The molecule has 2 atom stereocenters. The Morgan fingerprint density at radius 1 is 1.42 bits per heavy atom. The zero-order chi connectivity index (χ0) is 14.2. The van der Waals surface area contributed by atoms with E-state index in [0.717, 1.165) is 12.1 Å². The normalized spacial score (nSPS) is 24.8. The Labute approximate surface area is 116 Å². The van der Waals surface area contributed by atoms with Gasteiger partial charge in [-0.2, -0.15) is 4.31 Å². The first-order chi connectivity index (χ1) is 8.87. The van der Waals surface area contributed by atoms with E-state index in [4.69, 9.17) is 11.6 Å². The van der Waals surface area contributed by atoms with E-state index in [0.29, 0.717) is 12.5 Å². The summed E-state index contributed by atoms with van der Waals surface area (Å²) in [7, 11) is -4.05. The lowest BCUT2D eigenvalue weighted by molar-refractivity contribution is 0.372. The van der Waals surface area contributed by atoms with Gasteiger partial charge in [-0.15, -0.1) is 11.6 Å². The van der Waals surface area contributed by atoms with Gasteiger partial charge in [0.25, 0.3) is 0 Å². The predicted octanol–water partition coefficient (Wildman–Crippen LogP) is 2.60. The van der Waals surface area contributed by atoms with Gasteiger partial charge < -0.3 is 0 Å². The summed E-state index contributed by atoms with van der Waals surface area (Å²) in [4.78, 5) is -0.628. The average Bonchev–Trinajstić information content (AvgIpc) is 2.74. The van der Waals surface area contributed by atoms with Crippen LogP contribution in [0.15, 0.2) is 23.1 Å². The summed E-state index contributed by atoms with van der Waals surface area (Å²) in [5.74, 6) is -1.50. The van der Waals surface area contributed by atoms with Gasteiger partial charge in [0.05, 0.1) is 0 Å². The third-order valence-electron chi connectivity index (χ3n) is 3.47. The SMILES string of the molecule is CC1CCN(S(=O)(=O)c2cc(F)ccc2F)C1CCl. The number of hydrogen-bond acceptors (Lipinski definition) is 2. The molecule has 0 amide bonds. The van der Waals surface area contributed by atoms with E-state index in [2.05, 4.69) is 0 Å². The number of halogens is 3. The maximum absolute atomic E-state index is 13.6. The van der Waals surface area contributed by atoms with Gasteiger partial charge in [0.2, 0.25) is 10.0 Å². The highest BCUT2D eigenvalue weighted by Crippen LogP contribution is 2.31. The second kappa shape index (κ2) is 5.34. The van der Waals surface area contributed by atoms with Crippen LogP contribution in [-0.2, 0) is 10.0 Å². The van der Waals surface area contributed by atoms with Gasteiger partial charge in [0, 0.05) is 18.5 Å². The fraction of sp³-hybridized carbons (Fsp3) is 0.500. The van der Waals surface area contributed by atoms with Crippen molar-refractivity contribution in [2.24, 2.45) is 5.92 Å². The summed E-state index contributed by atoms with van der Waals surface area (Å²) in [5, 5.41) is 0. The summed E-state index contributed by atoms with van der Waals surface area (Å²) in [6, 6.07) is 2.03. The van der Waals surface area contributed by atoms with Crippen molar-refractivity contribution in [1.82, 2.24) is 4.31 Å². The average molecular weight is 310 g/mol. The van der Waals surface area contributed by atoms with Gasteiger partial charge in [0.1, 0.15) is 16.5 Å². The number of nitrogens with zero attached hydrogens (tertiary/aromatic N) is 1. The monoisotopic (exact) mass is 309 g/mol. The van der Waals surface area contributed by atoms with Crippen molar-refractivity contribution >= 4 is 21.6 Å². The molecule has 0 saturated carbocycles. The topological polar surface area (TPSA) is 37.4 Å². The Balaban J connectivity index is 2.45. The first kappa shape index (κ1) is 14.7. The lowest BCUT2D eigenvalue weighted by Crippen LogP contribution is -2.39. The molecule has 0 radical (unpaired) electrons. The van der Waals surface area contributed by atoms with Gasteiger partial charge >= 0.3 is 0 Å². The second-order valence-electron chi connectivity index (χ2n) is 4.68. The number of rotatable bonds is 3. The Hall–Kier alpha value is -0.720. The van der Waals surface area contributed by atoms with Crippen LogP contribution in [0, 0.1) is 17.6 Å². The molecule has 0 bridgehead atoms. The molecule has 0 spiro atoms. The highest BCUT2D eigenvalue weighted by atomic mass is 35.5. The van der Waals surface area contributed by atoms with E-state index < -0.39 is 26.6 Å². The smallest absolute Gasteiger partial charge is 0.207 e. The van der Waals surface area contributed by atoms with E-state index in [9.17, 15) is 17.2 Å². The van der Waals surface area contributed by atoms with Gasteiger partial charge in [0.15, 0.2) is 0 Å². The third-order valence-corrected chi connectivity index (χ3v) is 5.73. The fourth-order valence-electron chi connectivity index (χ4n) is 2.30. The van der Waals surface area contributed by atoms with E-state index in [1.807, 2.05) is 6.92 Å². The minimum Gasteiger partial charge on any atom is -0.207 e. The molecule has 1 aliphatic heterocycles. The molecule has 3 nitrogen and oxygen atoms in total. The summed E-state index contributed by atoms with van der Waals surface area (Å²) < 4.78 is 52.7. The summed E-state index contributed by atoms with van der Waals surface area (Å²) in [6.45, 7) is 2.17. The molecule has 0 aromatic heterocycles. The summed E-state index contributed by atoms with van der Waals surface area (Å²) in [6.07, 6.45) is 0.660. The van der Waals surface area contributed by atoms with Crippen molar-refractivity contribution in [1.29, 1.82) is 0 Å². The van der Waals surface area contributed by atoms with Crippen molar-refractivity contribution in [2.75, 3.05) is 12.4 Å².